The summed E-state index contributed by atoms with van der Waals surface area (Å²) in [5, 5.41) is 4.92. The molecule has 2 heterocycles. The van der Waals surface area contributed by atoms with Crippen LogP contribution in [0.25, 0.3) is 4.96 Å². The van der Waals surface area contributed by atoms with Gasteiger partial charge in [0.1, 0.15) is 0 Å². The fourth-order valence-electron chi connectivity index (χ4n) is 4.10. The van der Waals surface area contributed by atoms with Crippen LogP contribution in [0, 0.1) is 0 Å². The summed E-state index contributed by atoms with van der Waals surface area (Å²) in [6.07, 6.45) is 8.22. The number of aromatic nitrogens is 2. The molecule has 0 aliphatic heterocycles. The molecule has 1 aromatic carbocycles. The molecule has 31 heavy (non-hydrogen) atoms. The van der Waals surface area contributed by atoms with Crippen molar-refractivity contribution in [2.24, 2.45) is 0 Å². The van der Waals surface area contributed by atoms with Gasteiger partial charge in [0.15, 0.2) is 4.96 Å². The van der Waals surface area contributed by atoms with Gasteiger partial charge in [0.25, 0.3) is 5.56 Å². The smallest absolute Gasteiger partial charge is 0.258 e. The first-order valence-corrected chi connectivity index (χ1v) is 12.7. The van der Waals surface area contributed by atoms with Gasteiger partial charge in [-0.25, -0.2) is 4.98 Å². The molecule has 164 valence electrons. The number of nitrogens with one attached hydrogen (secondary N) is 1. The normalized spacial score (nSPS) is 14.9. The third-order valence-electron chi connectivity index (χ3n) is 5.75. The first kappa shape index (κ1) is 22.0. The molecule has 1 saturated carbocycles. The van der Waals surface area contributed by atoms with Crippen LogP contribution >= 0.6 is 23.1 Å². The molecule has 0 bridgehead atoms. The number of rotatable bonds is 8. The van der Waals surface area contributed by atoms with Gasteiger partial charge in [-0.2, -0.15) is 0 Å². The Morgan fingerprint density at radius 2 is 2.10 bits per heavy atom. The van der Waals surface area contributed by atoms with Gasteiger partial charge in [-0.3, -0.25) is 18.9 Å². The van der Waals surface area contributed by atoms with E-state index in [9.17, 15) is 9.59 Å². The second-order valence-corrected chi connectivity index (χ2v) is 9.90. The van der Waals surface area contributed by atoms with Gasteiger partial charge in [-0.1, -0.05) is 37.5 Å². The van der Waals surface area contributed by atoms with E-state index in [0.717, 1.165) is 17.8 Å². The molecule has 0 spiro atoms. The largest absolute Gasteiger partial charge is 0.325 e. The van der Waals surface area contributed by atoms with Gasteiger partial charge in [0.2, 0.25) is 5.91 Å². The molecule has 3 aromatic rings. The summed E-state index contributed by atoms with van der Waals surface area (Å²) in [5.74, 6) is 0.813. The highest BCUT2D eigenvalue weighted by molar-refractivity contribution is 7.99. The van der Waals surface area contributed by atoms with E-state index in [1.807, 2.05) is 23.6 Å². The predicted octanol–water partition coefficient (Wildman–Crippen LogP) is 4.39. The second-order valence-electron chi connectivity index (χ2n) is 8.05. The minimum absolute atomic E-state index is 0.0355. The van der Waals surface area contributed by atoms with E-state index >= 15 is 0 Å². The van der Waals surface area contributed by atoms with Crippen molar-refractivity contribution in [3.63, 3.8) is 0 Å². The topological polar surface area (TPSA) is 66.7 Å². The number of para-hydroxylation sites is 1. The summed E-state index contributed by atoms with van der Waals surface area (Å²) in [7, 11) is 2.18. The molecule has 1 fully saturated rings. The molecule has 1 N–H and O–H groups in total. The lowest BCUT2D eigenvalue weighted by molar-refractivity contribution is -0.113. The number of carbonyl (C=O) groups is 1. The van der Waals surface area contributed by atoms with E-state index in [1.54, 1.807) is 12.3 Å². The number of anilines is 1. The number of fused-ring (bicyclic) bond motifs is 1. The fourth-order valence-corrected chi connectivity index (χ4v) is 5.55. The summed E-state index contributed by atoms with van der Waals surface area (Å²) in [5.41, 5.74) is 2.65. The molecule has 1 amide bonds. The Bertz CT molecular complexity index is 1090. The van der Waals surface area contributed by atoms with Gasteiger partial charge in [0, 0.05) is 41.7 Å². The van der Waals surface area contributed by atoms with E-state index in [-0.39, 0.29) is 11.5 Å². The molecule has 1 aliphatic carbocycles. The molecule has 0 unspecified atom stereocenters. The van der Waals surface area contributed by atoms with Crippen molar-refractivity contribution in [3.8, 4) is 0 Å². The molecule has 1 aliphatic rings. The van der Waals surface area contributed by atoms with Crippen LogP contribution in [0.4, 0.5) is 5.69 Å². The molecule has 0 radical (unpaired) electrons. The third-order valence-corrected chi connectivity index (χ3v) is 7.47. The molecular weight excluding hydrogens is 428 g/mol. The summed E-state index contributed by atoms with van der Waals surface area (Å²) >= 11 is 2.90. The number of amides is 1. The van der Waals surface area contributed by atoms with E-state index in [2.05, 4.69) is 28.3 Å². The third kappa shape index (κ3) is 5.75. The second kappa shape index (κ2) is 10.4. The van der Waals surface area contributed by atoms with Crippen molar-refractivity contribution < 1.29 is 4.79 Å². The minimum Gasteiger partial charge on any atom is -0.325 e. The van der Waals surface area contributed by atoms with Crippen LogP contribution in [-0.4, -0.2) is 39.0 Å². The van der Waals surface area contributed by atoms with Crippen LogP contribution in [0.1, 0.15) is 43.4 Å². The standard InChI is InChI=1S/C23H28N4O2S2/c1-26(19-8-3-2-4-9-19)14-17-7-5-6-10-20(17)25-21(28)16-30-15-18-13-22(29)27-11-12-31-23(27)24-18/h5-7,10-13,19H,2-4,8-9,14-16H2,1H3,(H,25,28). The van der Waals surface area contributed by atoms with Gasteiger partial charge < -0.3 is 5.32 Å². The summed E-state index contributed by atoms with van der Waals surface area (Å²) in [6.45, 7) is 0.836. The van der Waals surface area contributed by atoms with Crippen molar-refractivity contribution in [2.45, 2.75) is 50.4 Å². The number of benzene rings is 1. The average molecular weight is 457 g/mol. The van der Waals surface area contributed by atoms with Gasteiger partial charge in [0.05, 0.1) is 11.4 Å². The Labute approximate surface area is 190 Å². The average Bonchev–Trinajstić information content (AvgIpc) is 3.25. The van der Waals surface area contributed by atoms with E-state index in [1.165, 1.54) is 59.6 Å². The summed E-state index contributed by atoms with van der Waals surface area (Å²) in [4.78, 5) is 32.2. The van der Waals surface area contributed by atoms with Gasteiger partial charge in [-0.05, 0) is 31.5 Å². The quantitative estimate of drug-likeness (QED) is 0.544. The van der Waals surface area contributed by atoms with Crippen molar-refractivity contribution in [3.05, 3.63) is 63.5 Å². The highest BCUT2D eigenvalue weighted by Gasteiger charge is 2.19. The number of thiazole rings is 1. The van der Waals surface area contributed by atoms with Gasteiger partial charge >= 0.3 is 0 Å². The van der Waals surface area contributed by atoms with E-state index in [4.69, 9.17) is 0 Å². The number of hydrogen-bond acceptors (Lipinski definition) is 6. The number of nitrogens with zero attached hydrogens (tertiary/aromatic N) is 3. The zero-order chi connectivity index (χ0) is 21.6. The molecular formula is C23H28N4O2S2. The molecule has 4 rings (SSSR count). The maximum absolute atomic E-state index is 12.6. The lowest BCUT2D eigenvalue weighted by Crippen LogP contribution is -2.33. The zero-order valence-electron chi connectivity index (χ0n) is 17.8. The fraction of sp³-hybridized carbons (Fsp3) is 0.435. The highest BCUT2D eigenvalue weighted by Crippen LogP contribution is 2.25. The first-order chi connectivity index (χ1) is 15.1. The Hall–Kier alpha value is -2.16. The van der Waals surface area contributed by atoms with Crippen molar-refractivity contribution in [1.29, 1.82) is 0 Å². The zero-order valence-corrected chi connectivity index (χ0v) is 19.4. The Balaban J connectivity index is 1.31. The number of carbonyl (C=O) groups excluding carboxylic acids is 1. The number of thioether (sulfide) groups is 1. The number of hydrogen-bond donors (Lipinski definition) is 1. The summed E-state index contributed by atoms with van der Waals surface area (Å²) < 4.78 is 1.53. The monoisotopic (exact) mass is 456 g/mol. The lowest BCUT2D eigenvalue weighted by atomic mass is 9.94. The van der Waals surface area contributed by atoms with Crippen molar-refractivity contribution in [2.75, 3.05) is 18.1 Å². The van der Waals surface area contributed by atoms with Crippen LogP contribution in [-0.2, 0) is 17.1 Å². The van der Waals surface area contributed by atoms with Crippen LogP contribution in [0.3, 0.4) is 0 Å². The van der Waals surface area contributed by atoms with Crippen LogP contribution in [0.2, 0.25) is 0 Å². The van der Waals surface area contributed by atoms with Crippen LogP contribution < -0.4 is 10.9 Å². The Morgan fingerprint density at radius 1 is 1.29 bits per heavy atom. The maximum Gasteiger partial charge on any atom is 0.258 e. The summed E-state index contributed by atoms with van der Waals surface area (Å²) in [6, 6.07) is 10.2. The Kier molecular flexibility index (Phi) is 7.42. The van der Waals surface area contributed by atoms with Crippen LogP contribution in [0.15, 0.2) is 46.7 Å². The molecule has 0 atom stereocenters. The molecule has 8 heteroatoms. The van der Waals surface area contributed by atoms with Crippen molar-refractivity contribution in [1.82, 2.24) is 14.3 Å². The molecule has 0 saturated heterocycles. The minimum atomic E-state index is -0.0812. The van der Waals surface area contributed by atoms with Gasteiger partial charge in [-0.15, -0.1) is 23.1 Å². The Morgan fingerprint density at radius 3 is 2.94 bits per heavy atom. The first-order valence-electron chi connectivity index (χ1n) is 10.7. The van der Waals surface area contributed by atoms with Crippen molar-refractivity contribution >= 4 is 39.7 Å². The highest BCUT2D eigenvalue weighted by atomic mass is 32.2. The lowest BCUT2D eigenvalue weighted by Gasteiger charge is -2.31. The van der Waals surface area contributed by atoms with E-state index < -0.39 is 0 Å². The molecule has 2 aromatic heterocycles. The van der Waals surface area contributed by atoms with E-state index in [0.29, 0.717) is 28.2 Å². The molecule has 6 nitrogen and oxygen atoms in total. The SMILES string of the molecule is CN(Cc1ccccc1NC(=O)CSCc1cc(=O)n2ccsc2n1)C1CCCCC1. The van der Waals surface area contributed by atoms with Crippen LogP contribution in [0.5, 0.6) is 0 Å². The maximum atomic E-state index is 12.6. The predicted molar refractivity (Wildman–Crippen MR) is 129 cm³/mol.